The maximum Gasteiger partial charge on any atom is 0.227 e. The van der Waals surface area contributed by atoms with Gasteiger partial charge in [-0.3, -0.25) is 4.79 Å². The molecular formula is C20H24ClNO4. The quantitative estimate of drug-likeness (QED) is 0.698. The van der Waals surface area contributed by atoms with Gasteiger partial charge in [-0.1, -0.05) is 29.8 Å². The number of carbonyl (C=O) groups excluding carboxylic acids is 1. The summed E-state index contributed by atoms with van der Waals surface area (Å²) in [6.07, 6.45) is 0.231. The highest BCUT2D eigenvalue weighted by molar-refractivity contribution is 6.31. The van der Waals surface area contributed by atoms with E-state index in [1.165, 1.54) is 0 Å². The van der Waals surface area contributed by atoms with Crippen LogP contribution in [0, 0.1) is 0 Å². The van der Waals surface area contributed by atoms with Gasteiger partial charge in [0, 0.05) is 18.1 Å². The minimum absolute atomic E-state index is 0.00157. The lowest BCUT2D eigenvalue weighted by Crippen LogP contribution is -2.31. The second-order valence-corrected chi connectivity index (χ2v) is 6.12. The molecule has 140 valence electrons. The van der Waals surface area contributed by atoms with Crippen LogP contribution in [-0.4, -0.2) is 38.7 Å². The third-order valence-corrected chi connectivity index (χ3v) is 4.50. The molecule has 0 aromatic heterocycles. The van der Waals surface area contributed by atoms with E-state index in [2.05, 4.69) is 0 Å². The summed E-state index contributed by atoms with van der Waals surface area (Å²) in [7, 11) is 4.66. The smallest absolute Gasteiger partial charge is 0.227 e. The minimum atomic E-state index is 0.00157. The molecule has 0 spiro atoms. The summed E-state index contributed by atoms with van der Waals surface area (Å²) in [6, 6.07) is 11.1. The van der Waals surface area contributed by atoms with Crippen LogP contribution in [0.4, 0.5) is 0 Å². The number of methoxy groups -OCH3 is 3. The van der Waals surface area contributed by atoms with Crippen molar-refractivity contribution in [2.75, 3.05) is 27.9 Å². The zero-order chi connectivity index (χ0) is 19.1. The van der Waals surface area contributed by atoms with E-state index >= 15 is 0 Å². The third-order valence-electron chi connectivity index (χ3n) is 4.13. The molecule has 0 unspecified atom stereocenters. The van der Waals surface area contributed by atoms with Crippen LogP contribution in [0.3, 0.4) is 0 Å². The first-order valence-electron chi connectivity index (χ1n) is 8.34. The summed E-state index contributed by atoms with van der Waals surface area (Å²) in [4.78, 5) is 14.6. The van der Waals surface area contributed by atoms with Crippen molar-refractivity contribution >= 4 is 17.5 Å². The lowest BCUT2D eigenvalue weighted by Gasteiger charge is -2.22. The number of amides is 1. The highest BCUT2D eigenvalue weighted by Gasteiger charge is 2.18. The SMILES string of the molecule is CCN(Cc1ccccc1Cl)C(=O)Cc1cc(OC)c(OC)c(OC)c1. The number of nitrogens with zero attached hydrogens (tertiary/aromatic N) is 1. The first kappa shape index (κ1) is 19.9. The molecule has 0 radical (unpaired) electrons. The molecular weight excluding hydrogens is 354 g/mol. The number of carbonyl (C=O) groups is 1. The molecule has 0 aliphatic rings. The molecule has 0 saturated heterocycles. The van der Waals surface area contributed by atoms with Crippen molar-refractivity contribution in [2.24, 2.45) is 0 Å². The van der Waals surface area contributed by atoms with E-state index in [0.29, 0.717) is 35.4 Å². The molecule has 0 aliphatic heterocycles. The Bertz CT molecular complexity index is 738. The predicted molar refractivity (Wildman–Crippen MR) is 102 cm³/mol. The van der Waals surface area contributed by atoms with Gasteiger partial charge in [0.1, 0.15) is 0 Å². The van der Waals surface area contributed by atoms with E-state index in [9.17, 15) is 4.79 Å². The fraction of sp³-hybridized carbons (Fsp3) is 0.350. The number of benzene rings is 2. The Hall–Kier alpha value is -2.40. The van der Waals surface area contributed by atoms with Gasteiger partial charge in [-0.05, 0) is 36.2 Å². The van der Waals surface area contributed by atoms with Gasteiger partial charge in [0.05, 0.1) is 27.8 Å². The maximum atomic E-state index is 12.8. The number of rotatable bonds is 8. The molecule has 26 heavy (non-hydrogen) atoms. The number of hydrogen-bond acceptors (Lipinski definition) is 4. The van der Waals surface area contributed by atoms with Crippen molar-refractivity contribution in [2.45, 2.75) is 19.9 Å². The molecule has 0 heterocycles. The Morgan fingerprint density at radius 1 is 1.04 bits per heavy atom. The summed E-state index contributed by atoms with van der Waals surface area (Å²) in [6.45, 7) is 3.01. The summed E-state index contributed by atoms with van der Waals surface area (Å²) in [5.41, 5.74) is 1.72. The van der Waals surface area contributed by atoms with Crippen LogP contribution in [0.2, 0.25) is 5.02 Å². The highest BCUT2D eigenvalue weighted by atomic mass is 35.5. The van der Waals surface area contributed by atoms with Gasteiger partial charge >= 0.3 is 0 Å². The first-order chi connectivity index (χ1) is 12.5. The average molecular weight is 378 g/mol. The number of hydrogen-bond donors (Lipinski definition) is 0. The Morgan fingerprint density at radius 2 is 1.65 bits per heavy atom. The van der Waals surface area contributed by atoms with Gasteiger partial charge in [0.25, 0.3) is 0 Å². The fourth-order valence-electron chi connectivity index (χ4n) is 2.73. The van der Waals surface area contributed by atoms with Gasteiger partial charge in [0.15, 0.2) is 11.5 Å². The number of halogens is 1. The topological polar surface area (TPSA) is 48.0 Å². The first-order valence-corrected chi connectivity index (χ1v) is 8.71. The molecule has 5 nitrogen and oxygen atoms in total. The Morgan fingerprint density at radius 3 is 2.15 bits per heavy atom. The van der Waals surface area contributed by atoms with Gasteiger partial charge in [-0.2, -0.15) is 0 Å². The summed E-state index contributed by atoms with van der Waals surface area (Å²) >= 11 is 6.22. The molecule has 2 aromatic rings. The second kappa shape index (κ2) is 9.34. The van der Waals surface area contributed by atoms with Crippen LogP contribution >= 0.6 is 11.6 Å². The Labute approximate surface area is 159 Å². The molecule has 0 atom stereocenters. The monoisotopic (exact) mass is 377 g/mol. The summed E-state index contributed by atoms with van der Waals surface area (Å²) in [5.74, 6) is 1.57. The van der Waals surface area contributed by atoms with Crippen molar-refractivity contribution < 1.29 is 19.0 Å². The van der Waals surface area contributed by atoms with Crippen molar-refractivity contribution in [3.8, 4) is 17.2 Å². The third kappa shape index (κ3) is 4.61. The van der Waals surface area contributed by atoms with Gasteiger partial charge < -0.3 is 19.1 Å². The van der Waals surface area contributed by atoms with Crippen LogP contribution < -0.4 is 14.2 Å². The van der Waals surface area contributed by atoms with Gasteiger partial charge in [-0.15, -0.1) is 0 Å². The van der Waals surface area contributed by atoms with Crippen molar-refractivity contribution in [3.05, 3.63) is 52.5 Å². The highest BCUT2D eigenvalue weighted by Crippen LogP contribution is 2.38. The number of ether oxygens (including phenoxy) is 3. The largest absolute Gasteiger partial charge is 0.493 e. The lowest BCUT2D eigenvalue weighted by atomic mass is 10.1. The Kier molecular flexibility index (Phi) is 7.16. The van der Waals surface area contributed by atoms with E-state index in [-0.39, 0.29) is 12.3 Å². The van der Waals surface area contributed by atoms with Gasteiger partial charge in [-0.25, -0.2) is 0 Å². The molecule has 0 bridgehead atoms. The predicted octanol–water partition coefficient (Wildman–Crippen LogP) is 3.96. The van der Waals surface area contributed by atoms with Crippen molar-refractivity contribution in [1.29, 1.82) is 0 Å². The lowest BCUT2D eigenvalue weighted by molar-refractivity contribution is -0.130. The molecule has 0 N–H and O–H groups in total. The van der Waals surface area contributed by atoms with Gasteiger partial charge in [0.2, 0.25) is 11.7 Å². The number of likely N-dealkylation sites (N-methyl/N-ethyl adjacent to an activating group) is 1. The molecule has 1 amide bonds. The summed E-state index contributed by atoms with van der Waals surface area (Å²) < 4.78 is 16.0. The van der Waals surface area contributed by atoms with E-state index in [4.69, 9.17) is 25.8 Å². The minimum Gasteiger partial charge on any atom is -0.493 e. The maximum absolute atomic E-state index is 12.8. The molecule has 2 rings (SSSR count). The summed E-state index contributed by atoms with van der Waals surface area (Å²) in [5, 5.41) is 0.659. The van der Waals surface area contributed by atoms with Crippen LogP contribution in [-0.2, 0) is 17.8 Å². The Balaban J connectivity index is 2.20. The molecule has 0 fully saturated rings. The molecule has 0 aliphatic carbocycles. The van der Waals surface area contributed by atoms with E-state index < -0.39 is 0 Å². The van der Waals surface area contributed by atoms with Crippen molar-refractivity contribution in [1.82, 2.24) is 4.90 Å². The van der Waals surface area contributed by atoms with Crippen LogP contribution in [0.25, 0.3) is 0 Å². The van der Waals surface area contributed by atoms with E-state index in [1.54, 1.807) is 38.4 Å². The van der Waals surface area contributed by atoms with Crippen LogP contribution in [0.5, 0.6) is 17.2 Å². The zero-order valence-corrected chi connectivity index (χ0v) is 16.3. The molecule has 0 saturated carbocycles. The van der Waals surface area contributed by atoms with E-state index in [1.807, 2.05) is 31.2 Å². The second-order valence-electron chi connectivity index (χ2n) is 5.71. The fourth-order valence-corrected chi connectivity index (χ4v) is 2.93. The molecule has 2 aromatic carbocycles. The van der Waals surface area contributed by atoms with Crippen LogP contribution in [0.15, 0.2) is 36.4 Å². The molecule has 6 heteroatoms. The standard InChI is InChI=1S/C20H24ClNO4/c1-5-22(13-15-8-6-7-9-16(15)21)19(23)12-14-10-17(24-2)20(26-4)18(11-14)25-3/h6-11H,5,12-13H2,1-4H3. The zero-order valence-electron chi connectivity index (χ0n) is 15.5. The van der Waals surface area contributed by atoms with Crippen LogP contribution in [0.1, 0.15) is 18.1 Å². The van der Waals surface area contributed by atoms with Crippen molar-refractivity contribution in [3.63, 3.8) is 0 Å². The normalized spacial score (nSPS) is 10.3. The average Bonchev–Trinajstić information content (AvgIpc) is 2.66. The van der Waals surface area contributed by atoms with E-state index in [0.717, 1.165) is 11.1 Å².